The van der Waals surface area contributed by atoms with Gasteiger partial charge in [0.1, 0.15) is 10.1 Å². The number of esters is 2. The predicted molar refractivity (Wildman–Crippen MR) is 168 cm³/mol. The summed E-state index contributed by atoms with van der Waals surface area (Å²) in [5.41, 5.74) is -0.800. The van der Waals surface area contributed by atoms with Gasteiger partial charge in [-0.15, -0.1) is 0 Å². The van der Waals surface area contributed by atoms with Gasteiger partial charge in [0.15, 0.2) is 0 Å². The average molecular weight is 629 g/mol. The number of carbonyl (C=O) groups is 2. The first-order valence-corrected chi connectivity index (χ1v) is 17.5. The van der Waals surface area contributed by atoms with Crippen molar-refractivity contribution in [1.82, 2.24) is 0 Å². The van der Waals surface area contributed by atoms with Crippen molar-refractivity contribution in [1.29, 1.82) is 0 Å². The summed E-state index contributed by atoms with van der Waals surface area (Å²) >= 11 is 0. The summed E-state index contributed by atoms with van der Waals surface area (Å²) in [4.78, 5) is 24.9. The summed E-state index contributed by atoms with van der Waals surface area (Å²) in [5.74, 6) is -1.83. The molecule has 0 aliphatic heterocycles. The smallest absolute Gasteiger partial charge is 0.744 e. The van der Waals surface area contributed by atoms with Gasteiger partial charge in [-0.3, -0.25) is 0 Å². The molecule has 0 radical (unpaired) electrons. The van der Waals surface area contributed by atoms with Crippen molar-refractivity contribution < 1.29 is 61.6 Å². The fraction of sp³-hybridized carbons (Fsp3) is 0.647. The van der Waals surface area contributed by atoms with Gasteiger partial charge < -0.3 is 14.0 Å². The summed E-state index contributed by atoms with van der Waals surface area (Å²) in [6.07, 6.45) is 27.8. The molecule has 0 N–H and O–H groups in total. The summed E-state index contributed by atoms with van der Waals surface area (Å²) in [6, 6.07) is 3.57. The van der Waals surface area contributed by atoms with E-state index in [1.165, 1.54) is 44.2 Å². The van der Waals surface area contributed by atoms with Crippen LogP contribution in [0.25, 0.3) is 0 Å². The molecule has 238 valence electrons. The van der Waals surface area contributed by atoms with Crippen LogP contribution in [0.5, 0.6) is 0 Å². The standard InChI is InChI=1S/C34H54O7S.Na/c1-3-5-7-9-11-13-15-17-19-21-23-28-40-33(35)30-26-25-27-31(42(37,38)39)32(30)34(36)41-29-24-22-20-18-16-14-12-10-8-6-4-2;/h5-8,25-27H,3-4,9-24,28-29H2,1-2H3,(H,37,38,39);/q;+1/p-1/b7-5+,8-6+;. The van der Waals surface area contributed by atoms with Gasteiger partial charge in [0, 0.05) is 0 Å². The maximum atomic E-state index is 12.9. The van der Waals surface area contributed by atoms with Crippen LogP contribution >= 0.6 is 0 Å². The number of benzene rings is 1. The molecule has 1 rings (SSSR count). The van der Waals surface area contributed by atoms with Crippen LogP contribution in [-0.2, 0) is 19.6 Å². The van der Waals surface area contributed by atoms with Crippen molar-refractivity contribution in [2.24, 2.45) is 0 Å². The molecule has 0 fully saturated rings. The second-order valence-electron chi connectivity index (χ2n) is 10.7. The topological polar surface area (TPSA) is 110 Å². The molecule has 0 unspecified atom stereocenters. The molecule has 0 atom stereocenters. The fourth-order valence-electron chi connectivity index (χ4n) is 4.67. The minimum atomic E-state index is -5.00. The van der Waals surface area contributed by atoms with Crippen molar-refractivity contribution >= 4 is 22.1 Å². The Labute approximate surface area is 283 Å². The molecule has 1 aromatic rings. The van der Waals surface area contributed by atoms with Crippen LogP contribution in [-0.4, -0.2) is 38.1 Å². The van der Waals surface area contributed by atoms with Gasteiger partial charge in [-0.2, -0.15) is 0 Å². The minimum Gasteiger partial charge on any atom is -0.744 e. The van der Waals surface area contributed by atoms with E-state index in [0.717, 1.165) is 76.7 Å². The second kappa shape index (κ2) is 26.9. The maximum Gasteiger partial charge on any atom is 1.00 e. The van der Waals surface area contributed by atoms with Gasteiger partial charge in [0.25, 0.3) is 0 Å². The summed E-state index contributed by atoms with van der Waals surface area (Å²) in [6.45, 7) is 4.50. The monoisotopic (exact) mass is 628 g/mol. The van der Waals surface area contributed by atoms with Crippen LogP contribution < -0.4 is 29.6 Å². The quantitative estimate of drug-likeness (QED) is 0.0424. The normalized spacial score (nSPS) is 11.6. The number of rotatable bonds is 25. The third-order valence-corrected chi connectivity index (χ3v) is 7.90. The Morgan fingerprint density at radius 1 is 0.651 bits per heavy atom. The predicted octanol–water partition coefficient (Wildman–Crippen LogP) is 6.08. The van der Waals surface area contributed by atoms with E-state index in [1.54, 1.807) is 0 Å². The molecule has 0 aliphatic carbocycles. The van der Waals surface area contributed by atoms with Gasteiger partial charge in [0.05, 0.1) is 29.2 Å². The van der Waals surface area contributed by atoms with Gasteiger partial charge >= 0.3 is 41.5 Å². The van der Waals surface area contributed by atoms with E-state index in [9.17, 15) is 22.6 Å². The zero-order chi connectivity index (χ0) is 30.9. The van der Waals surface area contributed by atoms with Crippen molar-refractivity contribution in [3.8, 4) is 0 Å². The van der Waals surface area contributed by atoms with E-state index >= 15 is 0 Å². The van der Waals surface area contributed by atoms with E-state index in [1.807, 2.05) is 0 Å². The zero-order valence-corrected chi connectivity index (χ0v) is 29.8. The van der Waals surface area contributed by atoms with Gasteiger partial charge in [0.2, 0.25) is 0 Å². The Morgan fingerprint density at radius 3 is 1.51 bits per heavy atom. The Bertz CT molecular complexity index is 1050. The van der Waals surface area contributed by atoms with E-state index < -0.39 is 32.5 Å². The van der Waals surface area contributed by atoms with E-state index in [2.05, 4.69) is 38.2 Å². The van der Waals surface area contributed by atoms with E-state index in [4.69, 9.17) is 9.47 Å². The van der Waals surface area contributed by atoms with Crippen LogP contribution in [0.3, 0.4) is 0 Å². The SMILES string of the molecule is CC/C=C/CCCCCCCCCOC(=O)c1cccc(S(=O)(=O)[O-])c1C(=O)OCCCCCCCCC/C=C/CC.[Na+]. The minimum absolute atomic E-state index is 0. The number of hydrogen-bond donors (Lipinski definition) is 0. The van der Waals surface area contributed by atoms with Crippen molar-refractivity contribution in [2.75, 3.05) is 13.2 Å². The Morgan fingerprint density at radius 2 is 1.07 bits per heavy atom. The van der Waals surface area contributed by atoms with Crippen LogP contribution in [0, 0.1) is 0 Å². The summed E-state index contributed by atoms with van der Waals surface area (Å²) < 4.78 is 46.2. The van der Waals surface area contributed by atoms with Gasteiger partial charge in [-0.05, 0) is 63.5 Å². The molecule has 7 nitrogen and oxygen atoms in total. The molecule has 0 amide bonds. The van der Waals surface area contributed by atoms with Gasteiger partial charge in [-0.25, -0.2) is 18.0 Å². The zero-order valence-electron chi connectivity index (χ0n) is 26.9. The summed E-state index contributed by atoms with van der Waals surface area (Å²) in [7, 11) is -5.00. The summed E-state index contributed by atoms with van der Waals surface area (Å²) in [5, 5.41) is 0. The number of ether oxygens (including phenoxy) is 2. The molecule has 1 aromatic carbocycles. The molecular formula is C34H53NaO7S. The van der Waals surface area contributed by atoms with Crippen LogP contribution in [0.15, 0.2) is 47.4 Å². The first kappa shape index (κ1) is 41.5. The maximum absolute atomic E-state index is 12.9. The molecule has 43 heavy (non-hydrogen) atoms. The largest absolute Gasteiger partial charge is 1.00 e. The molecule has 0 aromatic heterocycles. The van der Waals surface area contributed by atoms with Crippen molar-refractivity contribution in [2.45, 2.75) is 134 Å². The number of carbonyl (C=O) groups excluding carboxylic acids is 2. The van der Waals surface area contributed by atoms with Crippen LogP contribution in [0.4, 0.5) is 0 Å². The molecule has 0 saturated heterocycles. The molecule has 0 saturated carbocycles. The average Bonchev–Trinajstić information content (AvgIpc) is 2.97. The Balaban J connectivity index is 0.0000176. The van der Waals surface area contributed by atoms with Crippen LogP contribution in [0.2, 0.25) is 0 Å². The molecule has 0 aliphatic rings. The van der Waals surface area contributed by atoms with Crippen molar-refractivity contribution in [3.63, 3.8) is 0 Å². The first-order valence-electron chi connectivity index (χ1n) is 16.1. The first-order chi connectivity index (χ1) is 20.3. The number of allylic oxidation sites excluding steroid dienone is 4. The third-order valence-electron chi connectivity index (χ3n) is 7.02. The molecule has 0 heterocycles. The number of unbranched alkanes of at least 4 members (excludes halogenated alkanes) is 14. The van der Waals surface area contributed by atoms with Crippen molar-refractivity contribution in [3.05, 3.63) is 53.6 Å². The molecule has 0 bridgehead atoms. The van der Waals surface area contributed by atoms with E-state index in [0.29, 0.717) is 12.8 Å². The fourth-order valence-corrected chi connectivity index (χ4v) is 5.35. The molecule has 0 spiro atoms. The Hall–Kier alpha value is -1.45. The third kappa shape index (κ3) is 20.3. The molecule has 9 heteroatoms. The molecular weight excluding hydrogens is 575 g/mol. The van der Waals surface area contributed by atoms with Gasteiger partial charge in [-0.1, -0.05) is 108 Å². The Kier molecular flexibility index (Phi) is 26.0. The second-order valence-corrected chi connectivity index (χ2v) is 12.0. The van der Waals surface area contributed by atoms with E-state index in [-0.39, 0.29) is 48.3 Å². The van der Waals surface area contributed by atoms with Crippen LogP contribution in [0.1, 0.15) is 150 Å². The number of hydrogen-bond acceptors (Lipinski definition) is 7.